The van der Waals surface area contributed by atoms with Crippen molar-refractivity contribution in [2.75, 3.05) is 10.8 Å². The number of hydrogen-bond donors (Lipinski definition) is 1. The van der Waals surface area contributed by atoms with Crippen molar-refractivity contribution in [1.82, 2.24) is 10.2 Å². The second-order valence-corrected chi connectivity index (χ2v) is 15.6. The van der Waals surface area contributed by atoms with Crippen LogP contribution in [0.5, 0.6) is 11.5 Å². The van der Waals surface area contributed by atoms with Crippen molar-refractivity contribution in [2.45, 2.75) is 50.2 Å². The molecule has 1 atom stereocenters. The van der Waals surface area contributed by atoms with Crippen molar-refractivity contribution in [3.05, 3.63) is 155 Å². The molecule has 2 amide bonds. The van der Waals surface area contributed by atoms with Crippen LogP contribution in [0.25, 0.3) is 0 Å². The summed E-state index contributed by atoms with van der Waals surface area (Å²) in [6.07, 6.45) is 0.173. The monoisotopic (exact) mass is 743 g/mol. The second-order valence-electron chi connectivity index (χ2n) is 12.9. The fraction of sp³-hybridized carbons (Fsp3) is 0.200. The van der Waals surface area contributed by atoms with E-state index >= 15 is 0 Å². The molecule has 0 aliphatic carbocycles. The molecule has 5 aromatic carbocycles. The zero-order chi connectivity index (χ0) is 36.6. The minimum Gasteiger partial charge on any atom is -0.457 e. The Kier molecular flexibility index (Phi) is 12.1. The summed E-state index contributed by atoms with van der Waals surface area (Å²) in [5, 5.41) is 3.64. The van der Waals surface area contributed by atoms with Crippen molar-refractivity contribution in [2.24, 2.45) is 0 Å². The van der Waals surface area contributed by atoms with Crippen LogP contribution in [0.2, 0.25) is 10.0 Å². The van der Waals surface area contributed by atoms with Gasteiger partial charge in [0.05, 0.1) is 20.6 Å². The van der Waals surface area contributed by atoms with E-state index in [1.807, 2.05) is 81.4 Å². The number of nitrogens with one attached hydrogen (secondary N) is 1. The lowest BCUT2D eigenvalue weighted by atomic mass is 10.0. The van der Waals surface area contributed by atoms with Gasteiger partial charge < -0.3 is 15.0 Å². The summed E-state index contributed by atoms with van der Waals surface area (Å²) in [5.41, 5.74) is 1.05. The Morgan fingerprint density at radius 2 is 1.29 bits per heavy atom. The molecule has 5 aromatic rings. The number of benzene rings is 5. The Labute approximate surface area is 309 Å². The van der Waals surface area contributed by atoms with E-state index in [1.54, 1.807) is 60.7 Å². The Morgan fingerprint density at radius 3 is 1.88 bits per heavy atom. The molecule has 0 radical (unpaired) electrons. The van der Waals surface area contributed by atoms with E-state index in [9.17, 15) is 18.0 Å². The van der Waals surface area contributed by atoms with Gasteiger partial charge >= 0.3 is 0 Å². The average molecular weight is 745 g/mol. The number of halogens is 2. The Hall–Kier alpha value is -4.83. The third kappa shape index (κ3) is 10.1. The van der Waals surface area contributed by atoms with Crippen LogP contribution in [-0.4, -0.2) is 43.3 Å². The Morgan fingerprint density at radius 1 is 0.725 bits per heavy atom. The molecule has 0 fully saturated rings. The molecule has 1 N–H and O–H groups in total. The highest BCUT2D eigenvalue weighted by Gasteiger charge is 2.35. The first-order valence-corrected chi connectivity index (χ1v) is 18.5. The number of ether oxygens (including phenoxy) is 1. The van der Waals surface area contributed by atoms with Crippen LogP contribution < -0.4 is 14.4 Å². The third-order valence-electron chi connectivity index (χ3n) is 7.82. The molecular weight excluding hydrogens is 705 g/mol. The van der Waals surface area contributed by atoms with Gasteiger partial charge in [-0.2, -0.15) is 0 Å². The number of amides is 2. The van der Waals surface area contributed by atoms with E-state index in [0.29, 0.717) is 22.1 Å². The number of hydrogen-bond acceptors (Lipinski definition) is 5. The van der Waals surface area contributed by atoms with Crippen LogP contribution in [0.4, 0.5) is 5.69 Å². The number of nitrogens with zero attached hydrogens (tertiary/aromatic N) is 2. The third-order valence-corrected chi connectivity index (χ3v) is 10.3. The fourth-order valence-corrected chi connectivity index (χ4v) is 7.15. The van der Waals surface area contributed by atoms with E-state index in [-0.39, 0.29) is 34.5 Å². The number of para-hydroxylation sites is 1. The van der Waals surface area contributed by atoms with Gasteiger partial charge in [-0.1, -0.05) is 96.0 Å². The molecule has 0 unspecified atom stereocenters. The van der Waals surface area contributed by atoms with E-state index < -0.39 is 34.1 Å². The molecular formula is C40H39Cl2N3O5S. The maximum absolute atomic E-state index is 14.7. The van der Waals surface area contributed by atoms with Gasteiger partial charge in [0, 0.05) is 18.5 Å². The normalized spacial score (nSPS) is 12.1. The van der Waals surface area contributed by atoms with Crippen molar-refractivity contribution in [3.63, 3.8) is 0 Å². The highest BCUT2D eigenvalue weighted by molar-refractivity contribution is 7.92. The lowest BCUT2D eigenvalue weighted by Gasteiger charge is -2.35. The Balaban J connectivity index is 1.57. The van der Waals surface area contributed by atoms with Gasteiger partial charge in [-0.3, -0.25) is 13.9 Å². The summed E-state index contributed by atoms with van der Waals surface area (Å²) in [4.78, 5) is 30.2. The summed E-state index contributed by atoms with van der Waals surface area (Å²) in [6, 6.07) is 36.8. The fourth-order valence-electron chi connectivity index (χ4n) is 5.40. The zero-order valence-electron chi connectivity index (χ0n) is 28.5. The summed E-state index contributed by atoms with van der Waals surface area (Å²) >= 11 is 12.6. The number of rotatable bonds is 13. The molecule has 11 heteroatoms. The van der Waals surface area contributed by atoms with Crippen LogP contribution >= 0.6 is 23.2 Å². The molecule has 0 aliphatic rings. The van der Waals surface area contributed by atoms with Crippen LogP contribution in [0.3, 0.4) is 0 Å². The van der Waals surface area contributed by atoms with E-state index in [0.717, 1.165) is 9.87 Å². The van der Waals surface area contributed by atoms with Gasteiger partial charge in [0.15, 0.2) is 0 Å². The van der Waals surface area contributed by atoms with E-state index in [2.05, 4.69) is 5.32 Å². The highest BCUT2D eigenvalue weighted by Crippen LogP contribution is 2.29. The van der Waals surface area contributed by atoms with E-state index in [4.69, 9.17) is 27.9 Å². The Bertz CT molecular complexity index is 2040. The smallest absolute Gasteiger partial charge is 0.264 e. The van der Waals surface area contributed by atoms with Gasteiger partial charge in [0.1, 0.15) is 24.1 Å². The summed E-state index contributed by atoms with van der Waals surface area (Å²) in [5.74, 6) is 0.108. The van der Waals surface area contributed by atoms with Gasteiger partial charge in [-0.25, -0.2) is 8.42 Å². The highest BCUT2D eigenvalue weighted by atomic mass is 35.5. The minimum absolute atomic E-state index is 0.00440. The van der Waals surface area contributed by atoms with Crippen LogP contribution in [0, 0.1) is 0 Å². The molecule has 51 heavy (non-hydrogen) atoms. The molecule has 0 aliphatic heterocycles. The molecule has 0 spiro atoms. The first kappa shape index (κ1) is 37.4. The molecule has 5 rings (SSSR count). The van der Waals surface area contributed by atoms with Crippen molar-refractivity contribution in [3.8, 4) is 11.5 Å². The number of sulfonamides is 1. The SMILES string of the molecule is CC(C)(C)NC(=O)[C@H](Cc1ccccc1)N(Cc1ccc(Cl)c(Cl)c1)C(=O)CN(c1ccc(Oc2ccccc2)cc1)S(=O)(=O)c1ccccc1. The second kappa shape index (κ2) is 16.5. The van der Waals surface area contributed by atoms with Crippen molar-refractivity contribution < 1.29 is 22.7 Å². The first-order valence-electron chi connectivity index (χ1n) is 16.3. The molecule has 8 nitrogen and oxygen atoms in total. The van der Waals surface area contributed by atoms with Gasteiger partial charge in [-0.15, -0.1) is 0 Å². The molecule has 0 aromatic heterocycles. The van der Waals surface area contributed by atoms with Crippen LogP contribution in [0.1, 0.15) is 31.9 Å². The topological polar surface area (TPSA) is 96.0 Å². The number of carbonyl (C=O) groups excluding carboxylic acids is 2. The molecule has 0 bridgehead atoms. The summed E-state index contributed by atoms with van der Waals surface area (Å²) in [7, 11) is -4.27. The van der Waals surface area contributed by atoms with Crippen LogP contribution in [-0.2, 0) is 32.6 Å². The van der Waals surface area contributed by atoms with Crippen molar-refractivity contribution in [1.29, 1.82) is 0 Å². The lowest BCUT2D eigenvalue weighted by Crippen LogP contribution is -2.56. The van der Waals surface area contributed by atoms with Crippen molar-refractivity contribution >= 4 is 50.7 Å². The molecule has 0 saturated heterocycles. The van der Waals surface area contributed by atoms with Crippen LogP contribution in [0.15, 0.2) is 138 Å². The number of anilines is 1. The van der Waals surface area contributed by atoms with Gasteiger partial charge in [0.2, 0.25) is 11.8 Å². The largest absolute Gasteiger partial charge is 0.457 e. The standard InChI is InChI=1S/C40H39Cl2N3O5S/c1-40(2,3)43-39(47)37(26-29-13-7-4-8-14-29)44(27-30-19-24-35(41)36(42)25-30)38(46)28-45(51(48,49)34-17-11-6-12-18-34)31-20-22-33(23-21-31)50-32-15-9-5-10-16-32/h4-25,37H,26-28H2,1-3H3,(H,43,47)/t37-/m0/s1. The minimum atomic E-state index is -4.27. The summed E-state index contributed by atoms with van der Waals surface area (Å²) in [6.45, 7) is 4.91. The predicted octanol–water partition coefficient (Wildman–Crippen LogP) is 8.54. The molecule has 0 heterocycles. The van der Waals surface area contributed by atoms with Gasteiger partial charge in [-0.05, 0) is 92.6 Å². The maximum atomic E-state index is 14.7. The van der Waals surface area contributed by atoms with E-state index in [1.165, 1.54) is 17.0 Å². The quantitative estimate of drug-likeness (QED) is 0.130. The summed E-state index contributed by atoms with van der Waals surface area (Å²) < 4.78 is 35.6. The lowest BCUT2D eigenvalue weighted by molar-refractivity contribution is -0.140. The predicted molar refractivity (Wildman–Crippen MR) is 203 cm³/mol. The maximum Gasteiger partial charge on any atom is 0.264 e. The van der Waals surface area contributed by atoms with Gasteiger partial charge in [0.25, 0.3) is 10.0 Å². The number of carbonyl (C=O) groups is 2. The molecule has 0 saturated carbocycles. The average Bonchev–Trinajstić information content (AvgIpc) is 3.11. The first-order chi connectivity index (χ1) is 24.3. The zero-order valence-corrected chi connectivity index (χ0v) is 30.8. The molecule has 264 valence electrons.